The van der Waals surface area contributed by atoms with Crippen molar-refractivity contribution in [3.63, 3.8) is 0 Å². The van der Waals surface area contributed by atoms with Gasteiger partial charge in [0.05, 0.1) is 0 Å². The Morgan fingerprint density at radius 2 is 1.14 bits per heavy atom. The molecule has 0 amide bonds. The van der Waals surface area contributed by atoms with Gasteiger partial charge in [-0.3, -0.25) is 0 Å². The van der Waals surface area contributed by atoms with Gasteiger partial charge in [-0.2, -0.15) is 0 Å². The summed E-state index contributed by atoms with van der Waals surface area (Å²) in [6, 6.07) is 0. The van der Waals surface area contributed by atoms with E-state index in [2.05, 4.69) is 18.7 Å². The first kappa shape index (κ1) is 20.8. The average Bonchev–Trinajstić information content (AvgIpc) is 2.46. The van der Waals surface area contributed by atoms with Crippen molar-refractivity contribution >= 4 is 8.80 Å². The molecule has 0 fully saturated rings. The van der Waals surface area contributed by atoms with Gasteiger partial charge in [-0.25, -0.2) is 0 Å². The Kier molecular flexibility index (Phi) is 14.6. The van der Waals surface area contributed by atoms with Gasteiger partial charge in [0.2, 0.25) is 0 Å². The van der Waals surface area contributed by atoms with Gasteiger partial charge >= 0.3 is 8.80 Å². The minimum Gasteiger partial charge on any atom is -0.371 e. The lowest BCUT2D eigenvalue weighted by molar-refractivity contribution is 0.0842. The summed E-state index contributed by atoms with van der Waals surface area (Å²) >= 11 is 0. The van der Waals surface area contributed by atoms with E-state index in [0.717, 1.165) is 6.42 Å². The normalized spacial score (nSPS) is 12.4. The zero-order valence-electron chi connectivity index (χ0n) is 14.7. The van der Waals surface area contributed by atoms with Crippen LogP contribution in [0, 0.1) is 0 Å². The summed E-state index contributed by atoms with van der Waals surface area (Å²) in [6.07, 6.45) is 12.7. The Morgan fingerprint density at radius 1 is 0.667 bits per heavy atom. The van der Waals surface area contributed by atoms with Crippen molar-refractivity contribution in [3.05, 3.63) is 11.8 Å². The van der Waals surface area contributed by atoms with Gasteiger partial charge in [0.15, 0.2) is 0 Å². The average molecular weight is 317 g/mol. The van der Waals surface area contributed by atoms with Crippen LogP contribution in [0.4, 0.5) is 0 Å². The molecule has 3 nitrogen and oxygen atoms in total. The number of rotatable bonds is 15. The van der Waals surface area contributed by atoms with Gasteiger partial charge in [-0.1, -0.05) is 51.5 Å². The van der Waals surface area contributed by atoms with Crippen molar-refractivity contribution < 1.29 is 13.3 Å². The molecule has 0 spiro atoms. The van der Waals surface area contributed by atoms with Crippen molar-refractivity contribution in [2.45, 2.75) is 79.1 Å². The first-order valence-electron chi connectivity index (χ1n) is 8.84. The van der Waals surface area contributed by atoms with E-state index in [0.29, 0.717) is 19.8 Å². The third-order valence-electron chi connectivity index (χ3n) is 3.33. The van der Waals surface area contributed by atoms with Crippen LogP contribution in [0.5, 0.6) is 0 Å². The molecule has 21 heavy (non-hydrogen) atoms. The fourth-order valence-electron chi connectivity index (χ4n) is 2.32. The predicted octanol–water partition coefficient (Wildman–Crippen LogP) is 5.27. The van der Waals surface area contributed by atoms with E-state index in [4.69, 9.17) is 13.3 Å². The van der Waals surface area contributed by atoms with Crippen LogP contribution in [0.2, 0.25) is 0 Å². The van der Waals surface area contributed by atoms with Crippen LogP contribution >= 0.6 is 0 Å². The molecule has 0 aliphatic heterocycles. The first-order chi connectivity index (χ1) is 10.2. The number of hydrogen-bond donors (Lipinski definition) is 0. The zero-order valence-corrected chi connectivity index (χ0v) is 15.7. The summed E-state index contributed by atoms with van der Waals surface area (Å²) in [6.45, 7) is 10.1. The summed E-state index contributed by atoms with van der Waals surface area (Å²) in [5.41, 5.74) is 2.07. The second kappa shape index (κ2) is 14.8. The highest BCUT2D eigenvalue weighted by molar-refractivity contribution is 6.66. The largest absolute Gasteiger partial charge is 0.529 e. The molecule has 126 valence electrons. The van der Waals surface area contributed by atoms with Gasteiger partial charge < -0.3 is 13.3 Å². The number of allylic oxidation sites excluding steroid dienone is 1. The smallest absolute Gasteiger partial charge is 0.371 e. The molecule has 0 aromatic carbocycles. The van der Waals surface area contributed by atoms with Crippen LogP contribution in [-0.2, 0) is 13.3 Å². The van der Waals surface area contributed by atoms with Crippen LogP contribution in [0.25, 0.3) is 0 Å². The molecule has 0 rings (SSSR count). The van der Waals surface area contributed by atoms with Crippen molar-refractivity contribution in [1.82, 2.24) is 0 Å². The van der Waals surface area contributed by atoms with Crippen LogP contribution in [0.3, 0.4) is 0 Å². The second-order valence-corrected chi connectivity index (χ2v) is 7.62. The third kappa shape index (κ3) is 11.1. The van der Waals surface area contributed by atoms with Crippen molar-refractivity contribution in [2.24, 2.45) is 0 Å². The molecule has 0 aliphatic rings. The molecule has 0 saturated heterocycles. The molecule has 0 N–H and O–H groups in total. The van der Waals surface area contributed by atoms with Crippen molar-refractivity contribution in [3.8, 4) is 0 Å². The SMILES string of the molecule is CCCCCCCCC/C=C/[Si](OCC)(OCC)OCC. The van der Waals surface area contributed by atoms with E-state index in [1.165, 1.54) is 44.9 Å². The fraction of sp³-hybridized carbons (Fsp3) is 0.882. The Morgan fingerprint density at radius 3 is 1.62 bits per heavy atom. The van der Waals surface area contributed by atoms with Crippen LogP contribution in [0.15, 0.2) is 11.8 Å². The maximum Gasteiger partial charge on any atom is 0.529 e. The third-order valence-corrected chi connectivity index (χ3v) is 6.05. The molecule has 0 aromatic heterocycles. The van der Waals surface area contributed by atoms with E-state index in [1.54, 1.807) is 0 Å². The fourth-order valence-corrected chi connectivity index (χ4v) is 4.52. The molecule has 4 heteroatoms. The molecule has 0 aliphatic carbocycles. The second-order valence-electron chi connectivity index (χ2n) is 5.21. The molecular weight excluding hydrogens is 280 g/mol. The summed E-state index contributed by atoms with van der Waals surface area (Å²) in [4.78, 5) is 0. The van der Waals surface area contributed by atoms with Gasteiger partial charge in [0, 0.05) is 19.8 Å². The molecule has 0 bridgehead atoms. The lowest BCUT2D eigenvalue weighted by Crippen LogP contribution is -2.44. The van der Waals surface area contributed by atoms with Gasteiger partial charge in [0.25, 0.3) is 0 Å². The maximum absolute atomic E-state index is 5.79. The molecule has 0 heterocycles. The van der Waals surface area contributed by atoms with E-state index in [1.807, 2.05) is 20.8 Å². The molecular formula is C17H36O3Si. The topological polar surface area (TPSA) is 27.7 Å². The highest BCUT2D eigenvalue weighted by atomic mass is 28.4. The molecule has 0 saturated carbocycles. The summed E-state index contributed by atoms with van der Waals surface area (Å²) < 4.78 is 17.4. The predicted molar refractivity (Wildman–Crippen MR) is 92.4 cm³/mol. The maximum atomic E-state index is 5.79. The standard InChI is InChI=1S/C17H36O3Si/c1-5-9-10-11-12-13-14-15-16-17-21(18-6-2,19-7-3)20-8-4/h16-17H,5-15H2,1-4H3/b17-16+. The summed E-state index contributed by atoms with van der Waals surface area (Å²) in [5, 5.41) is 0. The van der Waals surface area contributed by atoms with Crippen LogP contribution in [-0.4, -0.2) is 28.6 Å². The van der Waals surface area contributed by atoms with Gasteiger partial charge in [-0.05, 0) is 39.3 Å². The molecule has 0 aromatic rings. The van der Waals surface area contributed by atoms with Gasteiger partial charge in [0.1, 0.15) is 0 Å². The lowest BCUT2D eigenvalue weighted by Gasteiger charge is -2.25. The molecule has 0 radical (unpaired) electrons. The number of unbranched alkanes of at least 4 members (excludes halogenated alkanes) is 7. The Labute approximate surface area is 133 Å². The van der Waals surface area contributed by atoms with E-state index >= 15 is 0 Å². The summed E-state index contributed by atoms with van der Waals surface area (Å²) in [5.74, 6) is 0. The van der Waals surface area contributed by atoms with Gasteiger partial charge in [-0.15, -0.1) is 0 Å². The lowest BCUT2D eigenvalue weighted by atomic mass is 10.1. The molecule has 0 atom stereocenters. The van der Waals surface area contributed by atoms with Crippen LogP contribution in [0.1, 0.15) is 79.1 Å². The van der Waals surface area contributed by atoms with E-state index in [9.17, 15) is 0 Å². The van der Waals surface area contributed by atoms with E-state index < -0.39 is 8.80 Å². The van der Waals surface area contributed by atoms with Crippen molar-refractivity contribution in [1.29, 1.82) is 0 Å². The first-order valence-corrected chi connectivity index (χ1v) is 10.6. The summed E-state index contributed by atoms with van der Waals surface area (Å²) in [7, 11) is -2.56. The molecule has 0 unspecified atom stereocenters. The Hall–Kier alpha value is -0.163. The van der Waals surface area contributed by atoms with Crippen molar-refractivity contribution in [2.75, 3.05) is 19.8 Å². The quantitative estimate of drug-likeness (QED) is 0.304. The number of hydrogen-bond acceptors (Lipinski definition) is 3. The Balaban J connectivity index is 3.96. The minimum absolute atomic E-state index is 0.633. The van der Waals surface area contributed by atoms with E-state index in [-0.39, 0.29) is 0 Å². The highest BCUT2D eigenvalue weighted by Gasteiger charge is 2.37. The minimum atomic E-state index is -2.56. The monoisotopic (exact) mass is 316 g/mol. The van der Waals surface area contributed by atoms with Crippen LogP contribution < -0.4 is 0 Å². The highest BCUT2D eigenvalue weighted by Crippen LogP contribution is 2.14. The zero-order chi connectivity index (χ0) is 15.8. The Bertz CT molecular complexity index is 227.